The number of nitrogens with zero attached hydrogens (tertiary/aromatic N) is 1. The Hall–Kier alpha value is -2.07. The third kappa shape index (κ3) is 3.71. The van der Waals surface area contributed by atoms with E-state index in [1.165, 1.54) is 12.1 Å². The molecular formula is C16H19FN2O. The molecule has 1 unspecified atom stereocenters. The van der Waals surface area contributed by atoms with Crippen molar-refractivity contribution < 1.29 is 9.50 Å². The quantitative estimate of drug-likeness (QED) is 0.879. The molecule has 2 aromatic carbocycles. The number of halogens is 1. The standard InChI is InChI=1S/C16H19FN2O/c1-19(2)15-9-3-12(4-10-15)16(20)11-18-14-7-5-13(17)6-8-14/h3-10,16,18,20H,11H2,1-2H3. The van der Waals surface area contributed by atoms with Crippen LogP contribution in [0.15, 0.2) is 48.5 Å². The molecule has 0 fully saturated rings. The van der Waals surface area contributed by atoms with Gasteiger partial charge in [0.25, 0.3) is 0 Å². The third-order valence-electron chi connectivity index (χ3n) is 3.14. The molecule has 0 radical (unpaired) electrons. The molecule has 0 aliphatic rings. The van der Waals surface area contributed by atoms with Crippen LogP contribution < -0.4 is 10.2 Å². The van der Waals surface area contributed by atoms with Crippen LogP contribution >= 0.6 is 0 Å². The van der Waals surface area contributed by atoms with E-state index < -0.39 is 6.10 Å². The number of nitrogens with one attached hydrogen (secondary N) is 1. The highest BCUT2D eigenvalue weighted by Crippen LogP contribution is 2.18. The summed E-state index contributed by atoms with van der Waals surface area (Å²) in [7, 11) is 3.95. The number of rotatable bonds is 5. The molecule has 3 nitrogen and oxygen atoms in total. The van der Waals surface area contributed by atoms with Gasteiger partial charge in [-0.3, -0.25) is 0 Å². The summed E-state index contributed by atoms with van der Waals surface area (Å²) in [6.45, 7) is 0.382. The summed E-state index contributed by atoms with van der Waals surface area (Å²) in [5.74, 6) is -0.268. The largest absolute Gasteiger partial charge is 0.387 e. The van der Waals surface area contributed by atoms with Gasteiger partial charge in [0, 0.05) is 32.0 Å². The van der Waals surface area contributed by atoms with E-state index in [9.17, 15) is 9.50 Å². The van der Waals surface area contributed by atoms with Crippen molar-refractivity contribution in [3.63, 3.8) is 0 Å². The summed E-state index contributed by atoms with van der Waals surface area (Å²) in [5.41, 5.74) is 2.73. The Kier molecular flexibility index (Phi) is 4.58. The Morgan fingerprint density at radius 3 is 2.20 bits per heavy atom. The highest BCUT2D eigenvalue weighted by molar-refractivity contribution is 5.47. The lowest BCUT2D eigenvalue weighted by Gasteiger charge is -2.16. The van der Waals surface area contributed by atoms with E-state index in [0.717, 1.165) is 16.9 Å². The van der Waals surface area contributed by atoms with Crippen LogP contribution in [-0.4, -0.2) is 25.7 Å². The molecule has 2 rings (SSSR count). The predicted molar refractivity (Wildman–Crippen MR) is 80.6 cm³/mol. The number of hydrogen-bond donors (Lipinski definition) is 2. The van der Waals surface area contributed by atoms with E-state index in [1.807, 2.05) is 43.3 Å². The lowest BCUT2D eigenvalue weighted by atomic mass is 10.1. The van der Waals surface area contributed by atoms with E-state index in [-0.39, 0.29) is 5.82 Å². The number of hydrogen-bond acceptors (Lipinski definition) is 3. The summed E-state index contributed by atoms with van der Waals surface area (Å²) in [6.07, 6.45) is -0.601. The molecule has 1 atom stereocenters. The van der Waals surface area contributed by atoms with Crippen LogP contribution in [-0.2, 0) is 0 Å². The van der Waals surface area contributed by atoms with Crippen LogP contribution in [0.25, 0.3) is 0 Å². The lowest BCUT2D eigenvalue weighted by Crippen LogP contribution is -2.13. The van der Waals surface area contributed by atoms with Crippen LogP contribution in [0, 0.1) is 5.82 Å². The SMILES string of the molecule is CN(C)c1ccc(C(O)CNc2ccc(F)cc2)cc1. The highest BCUT2D eigenvalue weighted by Gasteiger charge is 2.07. The minimum absolute atomic E-state index is 0.268. The second-order valence-corrected chi connectivity index (χ2v) is 4.89. The van der Waals surface area contributed by atoms with Crippen molar-refractivity contribution in [3.8, 4) is 0 Å². The zero-order chi connectivity index (χ0) is 14.5. The van der Waals surface area contributed by atoms with Gasteiger partial charge in [0.05, 0.1) is 6.10 Å². The summed E-state index contributed by atoms with van der Waals surface area (Å²) < 4.78 is 12.8. The van der Waals surface area contributed by atoms with Crippen molar-refractivity contribution in [2.75, 3.05) is 30.9 Å². The first-order valence-corrected chi connectivity index (χ1v) is 6.51. The van der Waals surface area contributed by atoms with Gasteiger partial charge in [-0.05, 0) is 42.0 Å². The molecule has 0 bridgehead atoms. The smallest absolute Gasteiger partial charge is 0.123 e. The Morgan fingerprint density at radius 2 is 1.65 bits per heavy atom. The molecule has 0 saturated heterocycles. The van der Waals surface area contributed by atoms with Crippen LogP contribution in [0.3, 0.4) is 0 Å². The van der Waals surface area contributed by atoms with Crippen molar-refractivity contribution >= 4 is 11.4 Å². The van der Waals surface area contributed by atoms with Crippen LogP contribution in [0.5, 0.6) is 0 Å². The lowest BCUT2D eigenvalue weighted by molar-refractivity contribution is 0.191. The van der Waals surface area contributed by atoms with Gasteiger partial charge in [0.15, 0.2) is 0 Å². The van der Waals surface area contributed by atoms with Gasteiger partial charge in [-0.25, -0.2) is 4.39 Å². The summed E-state index contributed by atoms with van der Waals surface area (Å²) in [5, 5.41) is 13.2. The summed E-state index contributed by atoms with van der Waals surface area (Å²) in [4.78, 5) is 2.01. The van der Waals surface area contributed by atoms with Gasteiger partial charge in [0.2, 0.25) is 0 Å². The van der Waals surface area contributed by atoms with Crippen LogP contribution in [0.2, 0.25) is 0 Å². The number of benzene rings is 2. The molecule has 0 aliphatic carbocycles. The average molecular weight is 274 g/mol. The molecule has 0 heterocycles. The maximum absolute atomic E-state index is 12.8. The van der Waals surface area contributed by atoms with Crippen molar-refractivity contribution in [1.29, 1.82) is 0 Å². The summed E-state index contributed by atoms with van der Waals surface area (Å²) in [6, 6.07) is 13.8. The predicted octanol–water partition coefficient (Wildman–Crippen LogP) is 3.04. The molecule has 0 aromatic heterocycles. The van der Waals surface area contributed by atoms with Gasteiger partial charge < -0.3 is 15.3 Å². The van der Waals surface area contributed by atoms with Crippen molar-refractivity contribution in [2.45, 2.75) is 6.10 Å². The average Bonchev–Trinajstić information content (AvgIpc) is 2.46. The van der Waals surface area contributed by atoms with Gasteiger partial charge in [-0.15, -0.1) is 0 Å². The first kappa shape index (κ1) is 14.3. The molecule has 0 amide bonds. The van der Waals surface area contributed by atoms with E-state index in [0.29, 0.717) is 6.54 Å². The first-order valence-electron chi connectivity index (χ1n) is 6.51. The second kappa shape index (κ2) is 6.39. The van der Waals surface area contributed by atoms with Gasteiger partial charge >= 0.3 is 0 Å². The molecule has 2 aromatic rings. The number of aliphatic hydroxyl groups excluding tert-OH is 1. The zero-order valence-corrected chi connectivity index (χ0v) is 11.7. The highest BCUT2D eigenvalue weighted by atomic mass is 19.1. The molecular weight excluding hydrogens is 255 g/mol. The zero-order valence-electron chi connectivity index (χ0n) is 11.7. The van der Waals surface area contributed by atoms with Gasteiger partial charge in [0.1, 0.15) is 5.82 Å². The molecule has 2 N–H and O–H groups in total. The van der Waals surface area contributed by atoms with E-state index in [4.69, 9.17) is 0 Å². The molecule has 0 saturated carbocycles. The first-order chi connectivity index (χ1) is 9.56. The Balaban J connectivity index is 1.94. The fraction of sp³-hybridized carbons (Fsp3) is 0.250. The Bertz CT molecular complexity index is 537. The molecule has 0 aliphatic heterocycles. The summed E-state index contributed by atoms with van der Waals surface area (Å²) >= 11 is 0. The number of anilines is 2. The van der Waals surface area contributed by atoms with Crippen molar-refractivity contribution in [1.82, 2.24) is 0 Å². The van der Waals surface area contributed by atoms with Gasteiger partial charge in [-0.1, -0.05) is 12.1 Å². The van der Waals surface area contributed by atoms with Crippen molar-refractivity contribution in [2.24, 2.45) is 0 Å². The minimum Gasteiger partial charge on any atom is -0.387 e. The minimum atomic E-state index is -0.601. The van der Waals surface area contributed by atoms with Crippen molar-refractivity contribution in [3.05, 3.63) is 59.9 Å². The topological polar surface area (TPSA) is 35.5 Å². The van der Waals surface area contributed by atoms with Crippen LogP contribution in [0.1, 0.15) is 11.7 Å². The Morgan fingerprint density at radius 1 is 1.05 bits per heavy atom. The van der Waals surface area contributed by atoms with E-state index >= 15 is 0 Å². The molecule has 4 heteroatoms. The maximum Gasteiger partial charge on any atom is 0.123 e. The second-order valence-electron chi connectivity index (χ2n) is 4.89. The third-order valence-corrected chi connectivity index (χ3v) is 3.14. The van der Waals surface area contributed by atoms with E-state index in [2.05, 4.69) is 5.32 Å². The number of aliphatic hydroxyl groups is 1. The molecule has 0 spiro atoms. The maximum atomic E-state index is 12.8. The van der Waals surface area contributed by atoms with E-state index in [1.54, 1.807) is 12.1 Å². The fourth-order valence-corrected chi connectivity index (χ4v) is 1.89. The van der Waals surface area contributed by atoms with Gasteiger partial charge in [-0.2, -0.15) is 0 Å². The monoisotopic (exact) mass is 274 g/mol. The fourth-order valence-electron chi connectivity index (χ4n) is 1.89. The normalized spacial score (nSPS) is 12.0. The molecule has 106 valence electrons. The Labute approximate surface area is 118 Å². The molecule has 20 heavy (non-hydrogen) atoms. The van der Waals surface area contributed by atoms with Crippen LogP contribution in [0.4, 0.5) is 15.8 Å².